The number of carboxylic acid groups (broad SMARTS) is 1. The number of rotatable bonds is 9. The number of piperidine rings is 1. The van der Waals surface area contributed by atoms with Gasteiger partial charge in [-0.1, -0.05) is 54.6 Å². The lowest BCUT2D eigenvalue weighted by Gasteiger charge is -2.41. The van der Waals surface area contributed by atoms with Gasteiger partial charge < -0.3 is 29.5 Å². The van der Waals surface area contributed by atoms with Crippen molar-refractivity contribution in [2.75, 3.05) is 13.2 Å². The van der Waals surface area contributed by atoms with Crippen molar-refractivity contribution in [2.24, 2.45) is 0 Å². The Hall–Kier alpha value is -3.85. The highest BCUT2D eigenvalue weighted by molar-refractivity contribution is 5.87. The van der Waals surface area contributed by atoms with Gasteiger partial charge in [0.25, 0.3) is 0 Å². The largest absolute Gasteiger partial charge is 0.465 e. The summed E-state index contributed by atoms with van der Waals surface area (Å²) in [7, 11) is 0. The van der Waals surface area contributed by atoms with Crippen LogP contribution in [0.25, 0.3) is 6.08 Å². The molecule has 2 aromatic rings. The third kappa shape index (κ3) is 9.85. The molecule has 2 aromatic carbocycles. The van der Waals surface area contributed by atoms with Crippen molar-refractivity contribution in [1.82, 2.24) is 10.2 Å². The summed E-state index contributed by atoms with van der Waals surface area (Å²) >= 11 is 0. The van der Waals surface area contributed by atoms with E-state index in [4.69, 9.17) is 14.2 Å². The van der Waals surface area contributed by atoms with Gasteiger partial charge in [-0.25, -0.2) is 14.4 Å². The minimum absolute atomic E-state index is 0.00617. The molecule has 0 radical (unpaired) electrons. The first-order valence-electron chi connectivity index (χ1n) is 15.2. The number of carbonyl (C=O) groups excluding carboxylic acids is 2. The number of nitrogens with zero attached hydrogens (tertiary/aromatic N) is 1. The van der Waals surface area contributed by atoms with Crippen LogP contribution in [-0.4, -0.2) is 65.1 Å². The van der Waals surface area contributed by atoms with E-state index in [9.17, 15) is 19.5 Å². The quantitative estimate of drug-likeness (QED) is 0.252. The zero-order valence-electron chi connectivity index (χ0n) is 25.4. The highest BCUT2D eigenvalue weighted by Gasteiger charge is 2.37. The molecule has 2 fully saturated rings. The smallest absolute Gasteiger partial charge is 0.407 e. The second-order valence-electron chi connectivity index (χ2n) is 12.3. The zero-order valence-corrected chi connectivity index (χ0v) is 25.4. The molecule has 2 amide bonds. The van der Waals surface area contributed by atoms with Crippen molar-refractivity contribution in [1.29, 1.82) is 0 Å². The Bertz CT molecular complexity index is 1250. The summed E-state index contributed by atoms with van der Waals surface area (Å²) in [5, 5.41) is 12.7. The Balaban J connectivity index is 1.30. The maximum atomic E-state index is 12.5. The molecule has 2 aliphatic rings. The number of esters is 1. The maximum absolute atomic E-state index is 12.5. The van der Waals surface area contributed by atoms with Crippen molar-refractivity contribution < 1.29 is 33.7 Å². The molecule has 232 valence electrons. The van der Waals surface area contributed by atoms with Gasteiger partial charge in [0.05, 0.1) is 24.8 Å². The minimum Gasteiger partial charge on any atom is -0.465 e. The fourth-order valence-electron chi connectivity index (χ4n) is 5.87. The average molecular weight is 593 g/mol. The van der Waals surface area contributed by atoms with Crippen molar-refractivity contribution in [3.63, 3.8) is 0 Å². The predicted molar refractivity (Wildman–Crippen MR) is 164 cm³/mol. The first-order valence-corrected chi connectivity index (χ1v) is 15.2. The Morgan fingerprint density at radius 3 is 2.37 bits per heavy atom. The number of ether oxygens (including phenoxy) is 3. The van der Waals surface area contributed by atoms with Crippen molar-refractivity contribution in [3.05, 3.63) is 77.4 Å². The van der Waals surface area contributed by atoms with Crippen molar-refractivity contribution in [2.45, 2.75) is 95.6 Å². The first-order chi connectivity index (χ1) is 20.6. The van der Waals surface area contributed by atoms with Crippen molar-refractivity contribution in [3.8, 4) is 0 Å². The molecule has 4 rings (SSSR count). The summed E-state index contributed by atoms with van der Waals surface area (Å²) in [4.78, 5) is 38.2. The van der Waals surface area contributed by atoms with Crippen LogP contribution in [0.4, 0.5) is 9.59 Å². The Kier molecular flexibility index (Phi) is 11.2. The fourth-order valence-corrected chi connectivity index (χ4v) is 5.87. The van der Waals surface area contributed by atoms with E-state index >= 15 is 0 Å². The maximum Gasteiger partial charge on any atom is 0.407 e. The third-order valence-corrected chi connectivity index (χ3v) is 7.96. The Morgan fingerprint density at radius 1 is 0.977 bits per heavy atom. The fraction of sp³-hybridized carbons (Fsp3) is 0.500. The van der Waals surface area contributed by atoms with Gasteiger partial charge in [-0.3, -0.25) is 0 Å². The van der Waals surface area contributed by atoms with Gasteiger partial charge in [0.2, 0.25) is 0 Å². The van der Waals surface area contributed by atoms with Crippen LogP contribution < -0.4 is 5.32 Å². The SMILES string of the molecule is CC(C)(C)OC(=O)N[C@H]1CCCN(C(=O)O)[C@H]1COC1CCC(c2ccccc2/C=C/C(=O)OCc2ccccc2)CC1. The number of hydrogen-bond donors (Lipinski definition) is 2. The number of alkyl carbamates (subject to hydrolysis) is 1. The second-order valence-corrected chi connectivity index (χ2v) is 12.3. The van der Waals surface area contributed by atoms with Crippen LogP contribution >= 0.6 is 0 Å². The number of carbonyl (C=O) groups is 3. The third-order valence-electron chi connectivity index (χ3n) is 7.96. The van der Waals surface area contributed by atoms with E-state index in [0.29, 0.717) is 25.3 Å². The van der Waals surface area contributed by atoms with E-state index in [0.717, 1.165) is 36.8 Å². The van der Waals surface area contributed by atoms with E-state index in [1.54, 1.807) is 20.8 Å². The van der Waals surface area contributed by atoms with Gasteiger partial charge in [-0.05, 0) is 88.0 Å². The molecule has 1 heterocycles. The van der Waals surface area contributed by atoms with E-state index in [1.165, 1.54) is 16.5 Å². The standard InChI is InChI=1S/C34H44N2O7/c1-34(2,3)43-32(38)35-29-14-9-21-36(33(39)40)30(29)23-41-27-18-15-26(16-19-27)28-13-8-7-12-25(28)17-20-31(37)42-22-24-10-5-4-6-11-24/h4-8,10-13,17,20,26-27,29-30H,9,14-16,18-19,21-23H2,1-3H3,(H,35,38)(H,39,40)/b20-17+/t26?,27?,29-,30-/m0/s1. The number of hydrogen-bond acceptors (Lipinski definition) is 6. The van der Waals surface area contributed by atoms with Gasteiger partial charge in [0.15, 0.2) is 0 Å². The van der Waals surface area contributed by atoms with Gasteiger partial charge in [0.1, 0.15) is 12.2 Å². The molecular formula is C34H44N2O7. The summed E-state index contributed by atoms with van der Waals surface area (Å²) in [5.41, 5.74) is 2.49. The lowest BCUT2D eigenvalue weighted by Crippen LogP contribution is -2.59. The lowest BCUT2D eigenvalue weighted by molar-refractivity contribution is -0.138. The molecule has 1 saturated carbocycles. The molecule has 2 atom stereocenters. The molecule has 9 nitrogen and oxygen atoms in total. The Labute approximate surface area is 254 Å². The summed E-state index contributed by atoms with van der Waals surface area (Å²) in [6.45, 7) is 6.25. The van der Waals surface area contributed by atoms with Crippen LogP contribution in [-0.2, 0) is 25.6 Å². The highest BCUT2D eigenvalue weighted by Crippen LogP contribution is 2.36. The van der Waals surface area contributed by atoms with Crippen LogP contribution in [0.5, 0.6) is 0 Å². The number of amides is 2. The van der Waals surface area contributed by atoms with Crippen LogP contribution in [0.2, 0.25) is 0 Å². The molecule has 0 bridgehead atoms. The summed E-state index contributed by atoms with van der Waals surface area (Å²) in [6, 6.07) is 16.8. The molecule has 0 unspecified atom stereocenters. The predicted octanol–water partition coefficient (Wildman–Crippen LogP) is 6.52. The van der Waals surface area contributed by atoms with E-state index < -0.39 is 23.8 Å². The average Bonchev–Trinajstić information content (AvgIpc) is 2.98. The summed E-state index contributed by atoms with van der Waals surface area (Å²) in [5.74, 6) is -0.0545. The second kappa shape index (κ2) is 15.0. The molecule has 1 aliphatic heterocycles. The lowest BCUT2D eigenvalue weighted by atomic mass is 9.81. The van der Waals surface area contributed by atoms with Gasteiger partial charge in [-0.15, -0.1) is 0 Å². The topological polar surface area (TPSA) is 114 Å². The monoisotopic (exact) mass is 592 g/mol. The van der Waals surface area contributed by atoms with Crippen LogP contribution in [0.1, 0.15) is 81.9 Å². The molecule has 1 aliphatic carbocycles. The van der Waals surface area contributed by atoms with Crippen LogP contribution in [0, 0.1) is 0 Å². The van der Waals surface area contributed by atoms with Crippen LogP contribution in [0.3, 0.4) is 0 Å². The summed E-state index contributed by atoms with van der Waals surface area (Å²) < 4.78 is 17.1. The molecule has 0 spiro atoms. The van der Waals surface area contributed by atoms with Gasteiger partial charge in [0, 0.05) is 12.6 Å². The molecular weight excluding hydrogens is 548 g/mol. The molecule has 1 saturated heterocycles. The number of nitrogens with one attached hydrogen (secondary N) is 1. The molecule has 9 heteroatoms. The number of benzene rings is 2. The van der Waals surface area contributed by atoms with Gasteiger partial charge in [-0.2, -0.15) is 0 Å². The Morgan fingerprint density at radius 2 is 1.67 bits per heavy atom. The molecule has 43 heavy (non-hydrogen) atoms. The highest BCUT2D eigenvalue weighted by atomic mass is 16.6. The first kappa shape index (κ1) is 32.1. The summed E-state index contributed by atoms with van der Waals surface area (Å²) in [6.07, 6.45) is 6.59. The van der Waals surface area contributed by atoms with Gasteiger partial charge >= 0.3 is 18.2 Å². The normalized spacial score (nSPS) is 22.6. The van der Waals surface area contributed by atoms with Crippen molar-refractivity contribution >= 4 is 24.2 Å². The zero-order chi connectivity index (χ0) is 30.8. The van der Waals surface area contributed by atoms with E-state index in [2.05, 4.69) is 11.4 Å². The van der Waals surface area contributed by atoms with E-state index in [-0.39, 0.29) is 31.3 Å². The van der Waals surface area contributed by atoms with Crippen LogP contribution in [0.15, 0.2) is 60.7 Å². The molecule has 0 aromatic heterocycles. The minimum atomic E-state index is -1.01. The molecule has 2 N–H and O–H groups in total. The van der Waals surface area contributed by atoms with E-state index in [1.807, 2.05) is 54.6 Å². The number of likely N-dealkylation sites (tertiary alicyclic amines) is 1.